The summed E-state index contributed by atoms with van der Waals surface area (Å²) >= 11 is 1.53. The summed E-state index contributed by atoms with van der Waals surface area (Å²) in [6.45, 7) is 4.53. The van der Waals surface area contributed by atoms with E-state index in [0.29, 0.717) is 12.4 Å². The molecule has 0 saturated carbocycles. The summed E-state index contributed by atoms with van der Waals surface area (Å²) in [5.41, 5.74) is 2.83. The Morgan fingerprint density at radius 3 is 2.38 bits per heavy atom. The van der Waals surface area contributed by atoms with Crippen molar-refractivity contribution in [2.45, 2.75) is 24.4 Å². The van der Waals surface area contributed by atoms with Crippen LogP contribution in [0, 0.1) is 11.6 Å². The average Bonchev–Trinajstić information content (AvgIpc) is 3.63. The van der Waals surface area contributed by atoms with Gasteiger partial charge < -0.3 is 9.47 Å². The Morgan fingerprint density at radius 2 is 1.69 bits per heavy atom. The summed E-state index contributed by atoms with van der Waals surface area (Å²) in [5.74, 6) is 0.810. The summed E-state index contributed by atoms with van der Waals surface area (Å²) in [6, 6.07) is 18.7. The van der Waals surface area contributed by atoms with E-state index in [1.165, 1.54) is 43.4 Å². The van der Waals surface area contributed by atoms with Crippen LogP contribution in [0.15, 0.2) is 90.7 Å². The third-order valence-corrected chi connectivity index (χ3v) is 7.35. The molecule has 10 heteroatoms. The maximum atomic E-state index is 14.1. The molecule has 0 spiro atoms. The molecule has 0 N–H and O–H groups in total. The molecule has 3 aromatic carbocycles. The molecule has 0 aliphatic heterocycles. The molecule has 0 aliphatic carbocycles. The fourth-order valence-electron chi connectivity index (χ4n) is 4.24. The molecule has 0 saturated heterocycles. The lowest BCUT2D eigenvalue weighted by molar-refractivity contribution is 0.344. The highest BCUT2D eigenvalue weighted by molar-refractivity contribution is 7.99. The van der Waals surface area contributed by atoms with Crippen LogP contribution in [0.4, 0.5) is 8.78 Å². The summed E-state index contributed by atoms with van der Waals surface area (Å²) in [6.07, 6.45) is 4.93. The van der Waals surface area contributed by atoms with Crippen LogP contribution in [0.2, 0.25) is 0 Å². The maximum absolute atomic E-state index is 14.1. The Balaban J connectivity index is 1.36. The van der Waals surface area contributed by atoms with Gasteiger partial charge in [-0.2, -0.15) is 5.10 Å². The van der Waals surface area contributed by atoms with Crippen LogP contribution in [-0.2, 0) is 5.41 Å². The highest BCUT2D eigenvalue weighted by atomic mass is 32.2. The van der Waals surface area contributed by atoms with E-state index >= 15 is 0 Å². The lowest BCUT2D eigenvalue weighted by Gasteiger charge is -2.28. The standard InChI is InChI=1S/C29H27F2N5O2S/c1-29(2,20-4-13-25(31)26(16-20)37-3)27-17-33-28(36(27)23-7-5-21(30)6-8-23)39-15-14-38-24-11-9-22(10-12-24)35-19-32-18-34-35/h4-13,16-19H,14-15H2,1-3H3. The van der Waals surface area contributed by atoms with Crippen LogP contribution in [0.5, 0.6) is 11.5 Å². The van der Waals surface area contributed by atoms with E-state index in [-0.39, 0.29) is 11.6 Å². The predicted octanol–water partition coefficient (Wildman–Crippen LogP) is 6.24. The number of ether oxygens (including phenoxy) is 2. The van der Waals surface area contributed by atoms with Crippen molar-refractivity contribution in [2.24, 2.45) is 0 Å². The van der Waals surface area contributed by atoms with E-state index in [1.807, 2.05) is 48.9 Å². The van der Waals surface area contributed by atoms with Crippen LogP contribution in [0.3, 0.4) is 0 Å². The van der Waals surface area contributed by atoms with Gasteiger partial charge in [-0.25, -0.2) is 23.4 Å². The summed E-state index contributed by atoms with van der Waals surface area (Å²) < 4.78 is 42.7. The lowest BCUT2D eigenvalue weighted by Crippen LogP contribution is -2.23. The number of thioether (sulfide) groups is 1. The zero-order valence-corrected chi connectivity index (χ0v) is 22.5. The van der Waals surface area contributed by atoms with Crippen molar-refractivity contribution < 1.29 is 18.3 Å². The summed E-state index contributed by atoms with van der Waals surface area (Å²) in [7, 11) is 1.44. The Hall–Kier alpha value is -4.18. The van der Waals surface area contributed by atoms with E-state index < -0.39 is 11.2 Å². The first-order valence-corrected chi connectivity index (χ1v) is 13.2. The molecule has 0 fully saturated rings. The molecule has 2 aromatic heterocycles. The molecular weight excluding hydrogens is 520 g/mol. The number of halogens is 2. The second-order valence-electron chi connectivity index (χ2n) is 9.24. The van der Waals surface area contributed by atoms with Crippen LogP contribution in [0.25, 0.3) is 11.4 Å². The molecule has 39 heavy (non-hydrogen) atoms. The lowest BCUT2D eigenvalue weighted by atomic mass is 9.81. The molecule has 5 aromatic rings. The zero-order chi connectivity index (χ0) is 27.4. The van der Waals surface area contributed by atoms with Gasteiger partial charge in [0.1, 0.15) is 24.2 Å². The largest absolute Gasteiger partial charge is 0.494 e. The first-order valence-electron chi connectivity index (χ1n) is 12.3. The third kappa shape index (κ3) is 5.65. The first-order chi connectivity index (χ1) is 18.9. The smallest absolute Gasteiger partial charge is 0.172 e. The van der Waals surface area contributed by atoms with Gasteiger partial charge in [0.05, 0.1) is 31.3 Å². The first kappa shape index (κ1) is 26.4. The van der Waals surface area contributed by atoms with Crippen molar-refractivity contribution in [1.82, 2.24) is 24.3 Å². The molecule has 0 unspecified atom stereocenters. The predicted molar refractivity (Wildman–Crippen MR) is 146 cm³/mol. The fourth-order valence-corrected chi connectivity index (χ4v) is 5.05. The quantitative estimate of drug-likeness (QED) is 0.152. The van der Waals surface area contributed by atoms with Crippen LogP contribution >= 0.6 is 11.8 Å². The Kier molecular flexibility index (Phi) is 7.65. The van der Waals surface area contributed by atoms with Gasteiger partial charge in [-0.15, -0.1) is 0 Å². The van der Waals surface area contributed by atoms with E-state index in [0.717, 1.165) is 33.5 Å². The maximum Gasteiger partial charge on any atom is 0.172 e. The van der Waals surface area contributed by atoms with Gasteiger partial charge in [-0.05, 0) is 66.2 Å². The Morgan fingerprint density at radius 1 is 0.949 bits per heavy atom. The van der Waals surface area contributed by atoms with Gasteiger partial charge in [0, 0.05) is 16.9 Å². The minimum atomic E-state index is -0.566. The number of hydrogen-bond donors (Lipinski definition) is 0. The molecule has 0 aliphatic rings. The van der Waals surface area contributed by atoms with Gasteiger partial charge in [0.25, 0.3) is 0 Å². The van der Waals surface area contributed by atoms with Crippen molar-refractivity contribution in [1.29, 1.82) is 0 Å². The van der Waals surface area contributed by atoms with Crippen molar-refractivity contribution >= 4 is 11.8 Å². The van der Waals surface area contributed by atoms with E-state index in [9.17, 15) is 8.78 Å². The van der Waals surface area contributed by atoms with Gasteiger partial charge in [0.2, 0.25) is 0 Å². The van der Waals surface area contributed by atoms with Gasteiger partial charge in [-0.3, -0.25) is 4.57 Å². The molecule has 0 radical (unpaired) electrons. The van der Waals surface area contributed by atoms with Gasteiger partial charge in [0.15, 0.2) is 16.7 Å². The number of methoxy groups -OCH3 is 1. The number of benzene rings is 3. The molecular formula is C29H27F2N5O2S. The summed E-state index contributed by atoms with van der Waals surface area (Å²) in [4.78, 5) is 8.67. The molecule has 0 atom stereocenters. The minimum absolute atomic E-state index is 0.175. The summed E-state index contributed by atoms with van der Waals surface area (Å²) in [5, 5.41) is 4.86. The number of imidazole rings is 1. The molecule has 2 heterocycles. The number of aromatic nitrogens is 5. The average molecular weight is 548 g/mol. The Bertz CT molecular complexity index is 1540. The SMILES string of the molecule is COc1cc(C(C)(C)c2cnc(SCCOc3ccc(-n4cncn4)cc3)n2-c2ccc(F)cc2)ccc1F. The second kappa shape index (κ2) is 11.3. The van der Waals surface area contributed by atoms with E-state index in [2.05, 4.69) is 10.1 Å². The second-order valence-corrected chi connectivity index (χ2v) is 10.3. The van der Waals surface area contributed by atoms with Gasteiger partial charge >= 0.3 is 0 Å². The Labute approximate surface area is 229 Å². The number of nitrogens with zero attached hydrogens (tertiary/aromatic N) is 5. The van der Waals surface area contributed by atoms with E-state index in [4.69, 9.17) is 14.5 Å². The van der Waals surface area contributed by atoms with Crippen LogP contribution < -0.4 is 9.47 Å². The van der Waals surface area contributed by atoms with Crippen molar-refractivity contribution in [3.8, 4) is 22.9 Å². The molecule has 5 rings (SSSR count). The van der Waals surface area contributed by atoms with E-state index in [1.54, 1.807) is 35.3 Å². The topological polar surface area (TPSA) is 67.0 Å². The zero-order valence-electron chi connectivity index (χ0n) is 21.7. The number of rotatable bonds is 10. The molecule has 0 amide bonds. The normalized spacial score (nSPS) is 11.5. The highest BCUT2D eigenvalue weighted by Crippen LogP contribution is 2.37. The highest BCUT2D eigenvalue weighted by Gasteiger charge is 2.30. The minimum Gasteiger partial charge on any atom is -0.494 e. The fraction of sp³-hybridized carbons (Fsp3) is 0.207. The molecule has 7 nitrogen and oxygen atoms in total. The van der Waals surface area contributed by atoms with Crippen molar-refractivity contribution in [2.75, 3.05) is 19.5 Å². The molecule has 200 valence electrons. The van der Waals surface area contributed by atoms with Crippen LogP contribution in [0.1, 0.15) is 25.1 Å². The van der Waals surface area contributed by atoms with Crippen molar-refractivity contribution in [3.05, 3.63) is 108 Å². The third-order valence-electron chi connectivity index (χ3n) is 6.43. The van der Waals surface area contributed by atoms with Crippen LogP contribution in [-0.4, -0.2) is 43.8 Å². The molecule has 0 bridgehead atoms. The van der Waals surface area contributed by atoms with Crippen molar-refractivity contribution in [3.63, 3.8) is 0 Å². The van der Waals surface area contributed by atoms with Gasteiger partial charge in [-0.1, -0.05) is 31.7 Å². The monoisotopic (exact) mass is 547 g/mol. The number of hydrogen-bond acceptors (Lipinski definition) is 6.